The van der Waals surface area contributed by atoms with Gasteiger partial charge in [0.25, 0.3) is 0 Å². The second-order valence-corrected chi connectivity index (χ2v) is 10.4. The van der Waals surface area contributed by atoms with Crippen LogP contribution < -0.4 is 10.3 Å². The molecule has 6 nitrogen and oxygen atoms in total. The third-order valence-electron chi connectivity index (χ3n) is 5.30. The van der Waals surface area contributed by atoms with E-state index in [9.17, 15) is 16.8 Å². The molecule has 0 atom stereocenters. The normalized spacial score (nSPS) is 13.6. The van der Waals surface area contributed by atoms with E-state index in [2.05, 4.69) is 0 Å². The van der Waals surface area contributed by atoms with E-state index in [4.69, 9.17) is 10.3 Å². The topological polar surface area (TPSA) is 120 Å². The van der Waals surface area contributed by atoms with E-state index in [-0.39, 0.29) is 9.79 Å². The third-order valence-corrected chi connectivity index (χ3v) is 7.23. The fraction of sp³-hybridized carbons (Fsp3) is 0.333. The van der Waals surface area contributed by atoms with Crippen LogP contribution in [-0.4, -0.2) is 16.8 Å². The largest absolute Gasteiger partial charge is 0.238 e. The summed E-state index contributed by atoms with van der Waals surface area (Å²) in [5, 5.41) is 10.8. The van der Waals surface area contributed by atoms with Gasteiger partial charge in [0, 0.05) is 10.8 Å². The zero-order valence-electron chi connectivity index (χ0n) is 15.2. The molecule has 0 radical (unpaired) electrons. The molecular formula is C18H24N2O4S2. The Bertz CT molecular complexity index is 955. The first-order valence-corrected chi connectivity index (χ1v) is 11.0. The van der Waals surface area contributed by atoms with Crippen LogP contribution >= 0.6 is 0 Å². The van der Waals surface area contributed by atoms with Crippen molar-refractivity contribution in [2.75, 3.05) is 0 Å². The van der Waals surface area contributed by atoms with Crippen LogP contribution in [0.1, 0.15) is 38.8 Å². The minimum atomic E-state index is -3.94. The summed E-state index contributed by atoms with van der Waals surface area (Å²) in [4.78, 5) is 0.0392. The summed E-state index contributed by atoms with van der Waals surface area (Å²) < 4.78 is 48.2. The van der Waals surface area contributed by atoms with Gasteiger partial charge in [0.2, 0.25) is 20.0 Å². The molecule has 0 bridgehead atoms. The van der Waals surface area contributed by atoms with Crippen molar-refractivity contribution in [2.24, 2.45) is 10.3 Å². The summed E-state index contributed by atoms with van der Waals surface area (Å²) in [7, 11) is -7.88. The second kappa shape index (κ2) is 6.45. The van der Waals surface area contributed by atoms with E-state index in [0.29, 0.717) is 11.1 Å². The van der Waals surface area contributed by atoms with Crippen LogP contribution in [0.3, 0.4) is 0 Å². The first-order chi connectivity index (χ1) is 11.7. The van der Waals surface area contributed by atoms with Crippen molar-refractivity contribution in [3.8, 4) is 0 Å². The summed E-state index contributed by atoms with van der Waals surface area (Å²) in [6.45, 7) is 7.43. The summed E-state index contributed by atoms with van der Waals surface area (Å²) in [5.74, 6) is 0. The van der Waals surface area contributed by atoms with Gasteiger partial charge in [-0.3, -0.25) is 0 Å². The molecule has 0 aliphatic rings. The fourth-order valence-corrected chi connectivity index (χ4v) is 4.93. The average molecular weight is 397 g/mol. The van der Waals surface area contributed by atoms with Crippen molar-refractivity contribution >= 4 is 20.0 Å². The highest BCUT2D eigenvalue weighted by atomic mass is 32.2. The Morgan fingerprint density at radius 2 is 0.885 bits per heavy atom. The number of benzene rings is 2. The molecule has 4 N–H and O–H groups in total. The highest BCUT2D eigenvalue weighted by Gasteiger charge is 2.44. The molecule has 26 heavy (non-hydrogen) atoms. The van der Waals surface area contributed by atoms with Crippen molar-refractivity contribution in [1.29, 1.82) is 0 Å². The Hall–Kier alpha value is -1.74. The third kappa shape index (κ3) is 3.55. The minimum absolute atomic E-state index is 0.0196. The molecule has 0 aliphatic heterocycles. The van der Waals surface area contributed by atoms with Gasteiger partial charge in [0.15, 0.2) is 0 Å². The van der Waals surface area contributed by atoms with Crippen LogP contribution in [0.5, 0.6) is 0 Å². The van der Waals surface area contributed by atoms with Gasteiger partial charge in [0.1, 0.15) is 0 Å². The highest BCUT2D eigenvalue weighted by molar-refractivity contribution is 7.89. The molecule has 2 aromatic rings. The number of hydrogen-bond acceptors (Lipinski definition) is 4. The van der Waals surface area contributed by atoms with Crippen LogP contribution in [0.4, 0.5) is 0 Å². The molecule has 0 saturated carbocycles. The molecular weight excluding hydrogens is 372 g/mol. The minimum Gasteiger partial charge on any atom is -0.225 e. The summed E-state index contributed by atoms with van der Waals surface area (Å²) in [6.07, 6.45) is 0. The maximum absolute atomic E-state index is 12.1. The van der Waals surface area contributed by atoms with E-state index < -0.39 is 30.9 Å². The van der Waals surface area contributed by atoms with Crippen molar-refractivity contribution in [2.45, 2.75) is 48.3 Å². The molecule has 8 heteroatoms. The van der Waals surface area contributed by atoms with Crippen LogP contribution in [0.2, 0.25) is 0 Å². The second-order valence-electron chi connectivity index (χ2n) is 7.33. The first kappa shape index (κ1) is 20.6. The molecule has 0 fully saturated rings. The van der Waals surface area contributed by atoms with Gasteiger partial charge in [-0.25, -0.2) is 27.1 Å². The van der Waals surface area contributed by atoms with E-state index >= 15 is 0 Å². The Morgan fingerprint density at radius 1 is 0.615 bits per heavy atom. The Balaban J connectivity index is 2.80. The lowest BCUT2D eigenvalue weighted by molar-refractivity contribution is 0.293. The maximum Gasteiger partial charge on any atom is 0.238 e. The standard InChI is InChI=1S/C18H24N2O4S2/c1-17(2,13-9-5-7-11-15(13)25(19,21)22)18(3,4)14-10-6-8-12-16(14)26(20,23)24/h5-12H,1-4H3,(H2,19,21,22)(H2,20,23,24). The number of hydrogen-bond donors (Lipinski definition) is 2. The van der Waals surface area contributed by atoms with Gasteiger partial charge in [-0.15, -0.1) is 0 Å². The summed E-state index contributed by atoms with van der Waals surface area (Å²) in [6, 6.07) is 13.0. The molecule has 0 saturated heterocycles. The van der Waals surface area contributed by atoms with E-state index in [0.717, 1.165) is 0 Å². The predicted octanol–water partition coefficient (Wildman–Crippen LogP) is 2.24. The lowest BCUT2D eigenvalue weighted by Gasteiger charge is -2.44. The Morgan fingerprint density at radius 3 is 1.15 bits per heavy atom. The molecule has 142 valence electrons. The molecule has 0 spiro atoms. The number of sulfonamides is 2. The van der Waals surface area contributed by atoms with Crippen LogP contribution in [0, 0.1) is 0 Å². The average Bonchev–Trinajstić information content (AvgIpc) is 2.53. The van der Waals surface area contributed by atoms with E-state index in [1.54, 1.807) is 36.4 Å². The Labute approximate surface area is 155 Å². The Kier molecular flexibility index (Phi) is 5.11. The fourth-order valence-electron chi connectivity index (χ4n) is 3.14. The van der Waals surface area contributed by atoms with Gasteiger partial charge in [-0.05, 0) is 23.3 Å². The smallest absolute Gasteiger partial charge is 0.225 e. The first-order valence-electron chi connectivity index (χ1n) is 7.95. The number of primary sulfonamides is 2. The van der Waals surface area contributed by atoms with Crippen LogP contribution in [0.15, 0.2) is 58.3 Å². The molecule has 0 unspecified atom stereocenters. The maximum atomic E-state index is 12.1. The monoisotopic (exact) mass is 396 g/mol. The lowest BCUT2D eigenvalue weighted by Crippen LogP contribution is -2.42. The zero-order chi connectivity index (χ0) is 20.0. The predicted molar refractivity (Wildman–Crippen MR) is 102 cm³/mol. The molecule has 2 aromatic carbocycles. The SMILES string of the molecule is CC(C)(c1ccccc1S(N)(=O)=O)C(C)(C)c1ccccc1S(N)(=O)=O. The zero-order valence-corrected chi connectivity index (χ0v) is 16.9. The lowest BCUT2D eigenvalue weighted by atomic mass is 9.61. The molecule has 0 aromatic heterocycles. The molecule has 2 rings (SSSR count). The van der Waals surface area contributed by atoms with Gasteiger partial charge in [-0.1, -0.05) is 64.1 Å². The van der Waals surface area contributed by atoms with Crippen molar-refractivity contribution in [3.63, 3.8) is 0 Å². The van der Waals surface area contributed by atoms with Gasteiger partial charge < -0.3 is 0 Å². The summed E-state index contributed by atoms with van der Waals surface area (Å²) in [5.41, 5.74) is -0.540. The van der Waals surface area contributed by atoms with Crippen molar-refractivity contribution < 1.29 is 16.8 Å². The molecule has 0 aliphatic carbocycles. The highest BCUT2D eigenvalue weighted by Crippen LogP contribution is 2.46. The van der Waals surface area contributed by atoms with Gasteiger partial charge in [-0.2, -0.15) is 0 Å². The van der Waals surface area contributed by atoms with Crippen LogP contribution in [-0.2, 0) is 30.9 Å². The van der Waals surface area contributed by atoms with Gasteiger partial charge in [0.05, 0.1) is 9.79 Å². The summed E-state index contributed by atoms with van der Waals surface area (Å²) >= 11 is 0. The van der Waals surface area contributed by atoms with E-state index in [1.807, 2.05) is 27.7 Å². The van der Waals surface area contributed by atoms with Crippen molar-refractivity contribution in [1.82, 2.24) is 0 Å². The van der Waals surface area contributed by atoms with E-state index in [1.165, 1.54) is 12.1 Å². The molecule has 0 amide bonds. The van der Waals surface area contributed by atoms with Gasteiger partial charge >= 0.3 is 0 Å². The number of rotatable bonds is 5. The van der Waals surface area contributed by atoms with Crippen molar-refractivity contribution in [3.05, 3.63) is 59.7 Å². The van der Waals surface area contributed by atoms with Crippen LogP contribution in [0.25, 0.3) is 0 Å². The quantitative estimate of drug-likeness (QED) is 0.805. The number of nitrogens with two attached hydrogens (primary N) is 2. The molecule has 0 heterocycles.